The fourth-order valence-electron chi connectivity index (χ4n) is 2.30. The van der Waals surface area contributed by atoms with Gasteiger partial charge in [-0.3, -0.25) is 9.59 Å². The molecule has 0 unspecified atom stereocenters. The van der Waals surface area contributed by atoms with Crippen LogP contribution in [-0.2, 0) is 19.1 Å². The van der Waals surface area contributed by atoms with Gasteiger partial charge in [0, 0.05) is 5.56 Å². The van der Waals surface area contributed by atoms with Crippen LogP contribution in [0.2, 0.25) is 0 Å². The number of benzene rings is 1. The summed E-state index contributed by atoms with van der Waals surface area (Å²) in [5, 5.41) is 18.9. The normalized spacial score (nSPS) is 11.8. The Labute approximate surface area is 157 Å². The molecule has 0 bridgehead atoms. The van der Waals surface area contributed by atoms with Crippen molar-refractivity contribution in [2.24, 2.45) is 0 Å². The minimum Gasteiger partial charge on any atom is -0.478 e. The van der Waals surface area contributed by atoms with Gasteiger partial charge in [-0.2, -0.15) is 0 Å². The predicted molar refractivity (Wildman–Crippen MR) is 94.8 cm³/mol. The van der Waals surface area contributed by atoms with Gasteiger partial charge in [0.15, 0.2) is 5.92 Å². The molecule has 1 aromatic rings. The van der Waals surface area contributed by atoms with Crippen molar-refractivity contribution in [3.63, 3.8) is 0 Å². The maximum atomic E-state index is 12.7. The van der Waals surface area contributed by atoms with Crippen molar-refractivity contribution in [2.75, 3.05) is 0 Å². The van der Waals surface area contributed by atoms with Gasteiger partial charge in [0.05, 0.1) is 11.1 Å². The van der Waals surface area contributed by atoms with E-state index in [-0.39, 0.29) is 0 Å². The Balaban J connectivity index is 3.69. The van der Waals surface area contributed by atoms with Crippen LogP contribution in [0, 0.1) is 0 Å². The van der Waals surface area contributed by atoms with Crippen LogP contribution in [-0.4, -0.2) is 45.3 Å². The van der Waals surface area contributed by atoms with E-state index in [1.807, 2.05) is 0 Å². The molecule has 0 aliphatic rings. The van der Waals surface area contributed by atoms with Crippen molar-refractivity contribution in [3.8, 4) is 0 Å². The van der Waals surface area contributed by atoms with Gasteiger partial charge in [-0.1, -0.05) is 6.07 Å². The second-order valence-corrected chi connectivity index (χ2v) is 7.88. The molecule has 148 valence electrons. The van der Waals surface area contributed by atoms with Gasteiger partial charge < -0.3 is 19.7 Å². The Morgan fingerprint density at radius 1 is 0.778 bits per heavy atom. The second kappa shape index (κ2) is 7.77. The quantitative estimate of drug-likeness (QED) is 0.590. The average molecular weight is 380 g/mol. The summed E-state index contributed by atoms with van der Waals surface area (Å²) in [6.45, 7) is 9.41. The summed E-state index contributed by atoms with van der Waals surface area (Å²) in [7, 11) is 0. The summed E-state index contributed by atoms with van der Waals surface area (Å²) in [5.41, 5.74) is -3.42. The molecule has 0 saturated heterocycles. The van der Waals surface area contributed by atoms with Crippen LogP contribution >= 0.6 is 0 Å². The smallest absolute Gasteiger partial charge is 0.336 e. The molecule has 0 aliphatic carbocycles. The number of carbonyl (C=O) groups excluding carboxylic acids is 2. The Morgan fingerprint density at radius 3 is 1.37 bits per heavy atom. The Kier molecular flexibility index (Phi) is 6.37. The van der Waals surface area contributed by atoms with E-state index in [1.165, 1.54) is 6.07 Å². The van der Waals surface area contributed by atoms with Gasteiger partial charge in [-0.25, -0.2) is 9.59 Å². The maximum Gasteiger partial charge on any atom is 0.336 e. The van der Waals surface area contributed by atoms with Crippen LogP contribution in [0.4, 0.5) is 0 Å². The molecule has 0 spiro atoms. The molecule has 0 aliphatic heterocycles. The van der Waals surface area contributed by atoms with Gasteiger partial charge in [-0.05, 0) is 53.7 Å². The van der Waals surface area contributed by atoms with Gasteiger partial charge >= 0.3 is 23.9 Å². The molecule has 2 N–H and O–H groups in total. The molecule has 8 nitrogen and oxygen atoms in total. The lowest BCUT2D eigenvalue weighted by Crippen LogP contribution is -2.37. The van der Waals surface area contributed by atoms with Crippen molar-refractivity contribution < 1.29 is 38.9 Å². The minimum absolute atomic E-state index is 0.471. The molecule has 8 heteroatoms. The third-order valence-corrected chi connectivity index (χ3v) is 3.14. The number of hydrogen-bond donors (Lipinski definition) is 2. The molecule has 27 heavy (non-hydrogen) atoms. The molecule has 0 heterocycles. The molecular weight excluding hydrogens is 356 g/mol. The molecule has 0 atom stereocenters. The van der Waals surface area contributed by atoms with Crippen LogP contribution in [0.5, 0.6) is 0 Å². The summed E-state index contributed by atoms with van der Waals surface area (Å²) >= 11 is 0. The van der Waals surface area contributed by atoms with Crippen molar-refractivity contribution in [3.05, 3.63) is 34.9 Å². The lowest BCUT2D eigenvalue weighted by atomic mass is 9.89. The van der Waals surface area contributed by atoms with E-state index in [2.05, 4.69) is 0 Å². The molecule has 0 amide bonds. The highest BCUT2D eigenvalue weighted by atomic mass is 16.6. The number of rotatable bonds is 5. The zero-order valence-corrected chi connectivity index (χ0v) is 16.2. The number of carbonyl (C=O) groups is 4. The Hall–Kier alpha value is -2.90. The average Bonchev–Trinajstić information content (AvgIpc) is 2.43. The predicted octanol–water partition coefficient (Wildman–Crippen LogP) is 2.85. The Bertz CT molecular complexity index is 705. The number of carboxylic acid groups (broad SMARTS) is 2. The lowest BCUT2D eigenvalue weighted by Gasteiger charge is -2.27. The van der Waals surface area contributed by atoms with Crippen molar-refractivity contribution in [1.29, 1.82) is 0 Å². The molecule has 1 aromatic carbocycles. The van der Waals surface area contributed by atoms with Gasteiger partial charge in [-0.15, -0.1) is 0 Å². The van der Waals surface area contributed by atoms with E-state index in [0.29, 0.717) is 0 Å². The van der Waals surface area contributed by atoms with E-state index in [9.17, 15) is 29.4 Å². The van der Waals surface area contributed by atoms with Crippen LogP contribution in [0.1, 0.15) is 73.7 Å². The topological polar surface area (TPSA) is 127 Å². The van der Waals surface area contributed by atoms with Crippen molar-refractivity contribution >= 4 is 23.9 Å². The fourth-order valence-corrected chi connectivity index (χ4v) is 2.30. The van der Waals surface area contributed by atoms with Gasteiger partial charge in [0.25, 0.3) is 0 Å². The first-order chi connectivity index (χ1) is 12.1. The Morgan fingerprint density at radius 2 is 1.11 bits per heavy atom. The van der Waals surface area contributed by atoms with Crippen LogP contribution in [0.15, 0.2) is 18.2 Å². The maximum absolute atomic E-state index is 12.7. The third-order valence-electron chi connectivity index (χ3n) is 3.14. The fraction of sp³-hybridized carbons (Fsp3) is 0.474. The summed E-state index contributed by atoms with van der Waals surface area (Å²) < 4.78 is 10.5. The van der Waals surface area contributed by atoms with Crippen molar-refractivity contribution in [2.45, 2.75) is 58.7 Å². The molecule has 0 radical (unpaired) electrons. The van der Waals surface area contributed by atoms with Gasteiger partial charge in [0.2, 0.25) is 0 Å². The van der Waals surface area contributed by atoms with E-state index < -0.39 is 57.7 Å². The highest BCUT2D eigenvalue weighted by Gasteiger charge is 2.41. The first-order valence-electron chi connectivity index (χ1n) is 8.19. The van der Waals surface area contributed by atoms with Crippen LogP contribution < -0.4 is 0 Å². The first-order valence-corrected chi connectivity index (χ1v) is 8.19. The second-order valence-electron chi connectivity index (χ2n) is 7.88. The summed E-state index contributed by atoms with van der Waals surface area (Å²) in [6.07, 6.45) is 0. The van der Waals surface area contributed by atoms with Gasteiger partial charge in [0.1, 0.15) is 11.2 Å². The van der Waals surface area contributed by atoms with E-state index in [4.69, 9.17) is 9.47 Å². The summed E-state index contributed by atoms with van der Waals surface area (Å²) in [6, 6.07) is 3.45. The SMILES string of the molecule is CC(C)(C)OC(=O)C(C(=O)OC(C)(C)C)c1c(C(=O)O)cccc1C(=O)O. The van der Waals surface area contributed by atoms with Crippen LogP contribution in [0.25, 0.3) is 0 Å². The first kappa shape index (κ1) is 22.1. The monoisotopic (exact) mass is 380 g/mol. The highest BCUT2D eigenvalue weighted by molar-refractivity contribution is 6.07. The molecule has 0 fully saturated rings. The summed E-state index contributed by atoms with van der Waals surface area (Å²) in [4.78, 5) is 48.7. The highest BCUT2D eigenvalue weighted by Crippen LogP contribution is 2.30. The lowest BCUT2D eigenvalue weighted by molar-refractivity contribution is -0.169. The summed E-state index contributed by atoms with van der Waals surface area (Å²) in [5.74, 6) is -7.00. The van der Waals surface area contributed by atoms with E-state index in [0.717, 1.165) is 12.1 Å². The standard InChI is InChI=1S/C19H24O8/c1-18(2,3)26-16(24)13(17(25)27-19(4,5)6)12-10(14(20)21)8-7-9-11(12)15(22)23/h7-9,13H,1-6H3,(H,20,21)(H,22,23). The largest absolute Gasteiger partial charge is 0.478 e. The molecule has 0 aromatic heterocycles. The zero-order chi connectivity index (χ0) is 21.2. The number of esters is 2. The number of carboxylic acids is 2. The van der Waals surface area contributed by atoms with Crippen molar-refractivity contribution in [1.82, 2.24) is 0 Å². The number of ether oxygens (including phenoxy) is 2. The number of hydrogen-bond acceptors (Lipinski definition) is 6. The third kappa shape index (κ3) is 6.09. The molecular formula is C19H24O8. The van der Waals surface area contributed by atoms with Crippen LogP contribution in [0.3, 0.4) is 0 Å². The minimum atomic E-state index is -1.86. The van der Waals surface area contributed by atoms with E-state index >= 15 is 0 Å². The molecule has 1 rings (SSSR count). The van der Waals surface area contributed by atoms with E-state index in [1.54, 1.807) is 41.5 Å². The zero-order valence-electron chi connectivity index (χ0n) is 16.2. The molecule has 0 saturated carbocycles. The number of aromatic carboxylic acids is 2.